The largest absolute Gasteiger partial charge is 0.504 e. The molecule has 0 radical (unpaired) electrons. The molecule has 1 aromatic carbocycles. The topological polar surface area (TPSA) is 52.5 Å². The lowest BCUT2D eigenvalue weighted by molar-refractivity contribution is 0.358. The minimum atomic E-state index is -0.0409. The van der Waals surface area contributed by atoms with Gasteiger partial charge >= 0.3 is 0 Å². The van der Waals surface area contributed by atoms with Crippen molar-refractivity contribution in [2.75, 3.05) is 13.1 Å². The number of rotatable bonds is 3. The van der Waals surface area contributed by atoms with Gasteiger partial charge in [0.05, 0.1) is 0 Å². The van der Waals surface area contributed by atoms with Crippen molar-refractivity contribution < 1.29 is 10.2 Å². The van der Waals surface area contributed by atoms with Crippen molar-refractivity contribution in [2.24, 2.45) is 11.8 Å². The molecule has 17 heavy (non-hydrogen) atoms. The van der Waals surface area contributed by atoms with E-state index in [-0.39, 0.29) is 11.5 Å². The quantitative estimate of drug-likeness (QED) is 0.705. The highest BCUT2D eigenvalue weighted by molar-refractivity contribution is 5.42. The first-order chi connectivity index (χ1) is 8.09. The molecule has 0 aliphatic carbocycles. The first-order valence-electron chi connectivity index (χ1n) is 6.32. The fourth-order valence-corrected chi connectivity index (χ4v) is 2.93. The van der Waals surface area contributed by atoms with E-state index >= 15 is 0 Å². The lowest BCUT2D eigenvalue weighted by atomic mass is 9.78. The predicted octanol–water partition coefficient (Wildman–Crippen LogP) is 2.45. The molecular formula is C14H21NO2. The van der Waals surface area contributed by atoms with Crippen molar-refractivity contribution in [1.29, 1.82) is 0 Å². The normalized spacial score (nSPS) is 21.9. The number of phenols is 2. The monoisotopic (exact) mass is 235 g/mol. The summed E-state index contributed by atoms with van der Waals surface area (Å²) in [6, 6.07) is 5.22. The molecule has 2 rings (SSSR count). The summed E-state index contributed by atoms with van der Waals surface area (Å²) < 4.78 is 0. The number of phenolic OH excluding ortho intramolecular Hbond substituents is 2. The van der Waals surface area contributed by atoms with Crippen molar-refractivity contribution in [3.8, 4) is 11.5 Å². The molecule has 1 fully saturated rings. The van der Waals surface area contributed by atoms with Gasteiger partial charge in [-0.2, -0.15) is 0 Å². The maximum absolute atomic E-state index is 9.61. The van der Waals surface area contributed by atoms with Crippen LogP contribution < -0.4 is 5.32 Å². The molecule has 3 heteroatoms. The average molecular weight is 235 g/mol. The molecule has 1 heterocycles. The number of nitrogens with one attached hydrogen (secondary N) is 1. The Morgan fingerprint density at radius 3 is 2.53 bits per heavy atom. The summed E-state index contributed by atoms with van der Waals surface area (Å²) >= 11 is 0. The fourth-order valence-electron chi connectivity index (χ4n) is 2.93. The summed E-state index contributed by atoms with van der Waals surface area (Å²) in [7, 11) is 0. The highest BCUT2D eigenvalue weighted by Gasteiger charge is 2.28. The second kappa shape index (κ2) is 4.96. The number of hydrogen-bond acceptors (Lipinski definition) is 3. The van der Waals surface area contributed by atoms with Gasteiger partial charge in [0.2, 0.25) is 0 Å². The molecular weight excluding hydrogens is 214 g/mol. The molecule has 2 unspecified atom stereocenters. The van der Waals surface area contributed by atoms with Crippen LogP contribution in [0.1, 0.15) is 31.7 Å². The van der Waals surface area contributed by atoms with Crippen LogP contribution in [0.25, 0.3) is 0 Å². The summed E-state index contributed by atoms with van der Waals surface area (Å²) in [5, 5.41) is 22.4. The van der Waals surface area contributed by atoms with Crippen LogP contribution in [0.15, 0.2) is 18.2 Å². The van der Waals surface area contributed by atoms with Crippen molar-refractivity contribution in [1.82, 2.24) is 5.32 Å². The SMILES string of the molecule is CC(C)C(c1ccc(O)c(O)c1)C1CCNC1. The van der Waals surface area contributed by atoms with Crippen LogP contribution in [0.4, 0.5) is 0 Å². The smallest absolute Gasteiger partial charge is 0.157 e. The standard InChI is InChI=1S/C14H21NO2/c1-9(2)14(11-5-6-15-8-11)10-3-4-12(16)13(17)7-10/h3-4,7,9,11,14-17H,5-6,8H2,1-2H3. The number of benzene rings is 1. The van der Waals surface area contributed by atoms with E-state index in [1.54, 1.807) is 12.1 Å². The van der Waals surface area contributed by atoms with E-state index in [2.05, 4.69) is 19.2 Å². The van der Waals surface area contributed by atoms with Gasteiger partial charge in [0.15, 0.2) is 11.5 Å². The van der Waals surface area contributed by atoms with Crippen LogP contribution in [-0.2, 0) is 0 Å². The van der Waals surface area contributed by atoms with Gasteiger partial charge < -0.3 is 15.5 Å². The lowest BCUT2D eigenvalue weighted by Crippen LogP contribution is -2.20. The Bertz CT molecular complexity index is 384. The van der Waals surface area contributed by atoms with E-state index in [1.807, 2.05) is 6.07 Å². The Labute approximate surface area is 102 Å². The van der Waals surface area contributed by atoms with E-state index < -0.39 is 0 Å². The van der Waals surface area contributed by atoms with E-state index in [4.69, 9.17) is 0 Å². The first-order valence-corrected chi connectivity index (χ1v) is 6.32. The highest BCUT2D eigenvalue weighted by atomic mass is 16.3. The molecule has 3 nitrogen and oxygen atoms in total. The van der Waals surface area contributed by atoms with Crippen molar-refractivity contribution >= 4 is 0 Å². The number of hydrogen-bond donors (Lipinski definition) is 3. The van der Waals surface area contributed by atoms with Gasteiger partial charge in [0.1, 0.15) is 0 Å². The minimum absolute atomic E-state index is 0.0147. The zero-order chi connectivity index (χ0) is 12.4. The van der Waals surface area contributed by atoms with Crippen LogP contribution in [0.5, 0.6) is 11.5 Å². The second-order valence-electron chi connectivity index (χ2n) is 5.27. The molecule has 1 saturated heterocycles. The van der Waals surface area contributed by atoms with Crippen LogP contribution in [0.2, 0.25) is 0 Å². The third-order valence-corrected chi connectivity index (χ3v) is 3.71. The van der Waals surface area contributed by atoms with Crippen molar-refractivity contribution in [2.45, 2.75) is 26.2 Å². The Hall–Kier alpha value is -1.22. The van der Waals surface area contributed by atoms with Gasteiger partial charge in [-0.05, 0) is 55.0 Å². The lowest BCUT2D eigenvalue weighted by Gasteiger charge is -2.27. The second-order valence-corrected chi connectivity index (χ2v) is 5.27. The number of aromatic hydroxyl groups is 2. The van der Waals surface area contributed by atoms with Gasteiger partial charge in [-0.25, -0.2) is 0 Å². The van der Waals surface area contributed by atoms with E-state index in [0.717, 1.165) is 18.7 Å². The highest BCUT2D eigenvalue weighted by Crippen LogP contribution is 2.38. The van der Waals surface area contributed by atoms with E-state index in [0.29, 0.717) is 17.8 Å². The Balaban J connectivity index is 2.28. The van der Waals surface area contributed by atoms with Gasteiger partial charge in [-0.3, -0.25) is 0 Å². The Morgan fingerprint density at radius 1 is 1.24 bits per heavy atom. The summed E-state index contributed by atoms with van der Waals surface area (Å²) in [4.78, 5) is 0. The molecule has 0 aromatic heterocycles. The molecule has 3 N–H and O–H groups in total. The molecule has 2 atom stereocenters. The van der Waals surface area contributed by atoms with Crippen LogP contribution in [-0.4, -0.2) is 23.3 Å². The van der Waals surface area contributed by atoms with Gasteiger partial charge in [0, 0.05) is 0 Å². The summed E-state index contributed by atoms with van der Waals surface area (Å²) in [5.41, 5.74) is 1.13. The van der Waals surface area contributed by atoms with E-state index in [1.165, 1.54) is 6.42 Å². The van der Waals surface area contributed by atoms with E-state index in [9.17, 15) is 10.2 Å². The van der Waals surface area contributed by atoms with Crippen LogP contribution in [0, 0.1) is 11.8 Å². The zero-order valence-corrected chi connectivity index (χ0v) is 10.5. The Kier molecular flexibility index (Phi) is 3.57. The van der Waals surface area contributed by atoms with Crippen molar-refractivity contribution in [3.63, 3.8) is 0 Å². The van der Waals surface area contributed by atoms with Crippen molar-refractivity contribution in [3.05, 3.63) is 23.8 Å². The molecule has 94 valence electrons. The maximum Gasteiger partial charge on any atom is 0.157 e. The predicted molar refractivity (Wildman–Crippen MR) is 68.3 cm³/mol. The van der Waals surface area contributed by atoms with Gasteiger partial charge in [-0.1, -0.05) is 19.9 Å². The third kappa shape index (κ3) is 2.55. The Morgan fingerprint density at radius 2 is 2.00 bits per heavy atom. The fraction of sp³-hybridized carbons (Fsp3) is 0.571. The molecule has 0 amide bonds. The van der Waals surface area contributed by atoms with Crippen LogP contribution >= 0.6 is 0 Å². The summed E-state index contributed by atoms with van der Waals surface area (Å²) in [6.07, 6.45) is 1.19. The molecule has 1 aromatic rings. The first kappa shape index (κ1) is 12.2. The molecule has 1 aliphatic heterocycles. The molecule has 1 aliphatic rings. The summed E-state index contributed by atoms with van der Waals surface area (Å²) in [6.45, 7) is 6.56. The maximum atomic E-state index is 9.61. The zero-order valence-electron chi connectivity index (χ0n) is 10.5. The van der Waals surface area contributed by atoms with Gasteiger partial charge in [0.25, 0.3) is 0 Å². The molecule has 0 spiro atoms. The third-order valence-electron chi connectivity index (χ3n) is 3.71. The van der Waals surface area contributed by atoms with Gasteiger partial charge in [-0.15, -0.1) is 0 Å². The molecule has 0 saturated carbocycles. The summed E-state index contributed by atoms with van der Waals surface area (Å²) in [5.74, 6) is 1.54. The minimum Gasteiger partial charge on any atom is -0.504 e. The van der Waals surface area contributed by atoms with Crippen LogP contribution in [0.3, 0.4) is 0 Å². The molecule has 0 bridgehead atoms. The average Bonchev–Trinajstić information content (AvgIpc) is 2.76.